The lowest BCUT2D eigenvalue weighted by atomic mass is 9.93. The Hall–Kier alpha value is -1.83. The molecule has 80 valence electrons. The molecule has 1 aromatic heterocycles. The average Bonchev–Trinajstić information content (AvgIpc) is 2.73. The summed E-state index contributed by atoms with van der Waals surface area (Å²) in [6.07, 6.45) is 7.41. The number of allylic oxidation sites excluding steroid dienone is 4. The summed E-state index contributed by atoms with van der Waals surface area (Å²) in [6.45, 7) is 2.20. The van der Waals surface area contributed by atoms with Crippen molar-refractivity contribution in [1.82, 2.24) is 4.98 Å². The van der Waals surface area contributed by atoms with E-state index >= 15 is 0 Å². The molecular weight excluding hydrogens is 198 g/mol. The van der Waals surface area contributed by atoms with Gasteiger partial charge in [0.15, 0.2) is 5.58 Å². The van der Waals surface area contributed by atoms with Gasteiger partial charge in [0, 0.05) is 5.57 Å². The smallest absolute Gasteiger partial charge is 0.223 e. The van der Waals surface area contributed by atoms with Crippen molar-refractivity contribution in [1.29, 1.82) is 0 Å². The summed E-state index contributed by atoms with van der Waals surface area (Å²) in [5, 5.41) is 0. The Morgan fingerprint density at radius 3 is 3.00 bits per heavy atom. The lowest BCUT2D eigenvalue weighted by Gasteiger charge is -2.13. The van der Waals surface area contributed by atoms with E-state index in [9.17, 15) is 0 Å². The van der Waals surface area contributed by atoms with Crippen LogP contribution in [0.1, 0.15) is 19.2 Å². The van der Waals surface area contributed by atoms with Crippen molar-refractivity contribution < 1.29 is 4.42 Å². The maximum absolute atomic E-state index is 5.76. The van der Waals surface area contributed by atoms with Crippen LogP contribution in [0.3, 0.4) is 0 Å². The van der Waals surface area contributed by atoms with Crippen LogP contribution in [0, 0.1) is 5.92 Å². The molecule has 0 spiro atoms. The molecule has 0 saturated carbocycles. The largest absolute Gasteiger partial charge is 0.436 e. The fourth-order valence-corrected chi connectivity index (χ4v) is 2.02. The average molecular weight is 211 g/mol. The Balaban J connectivity index is 2.12. The molecule has 0 fully saturated rings. The summed E-state index contributed by atoms with van der Waals surface area (Å²) in [4.78, 5) is 4.52. The molecule has 1 atom stereocenters. The van der Waals surface area contributed by atoms with Gasteiger partial charge in [-0.1, -0.05) is 37.3 Å². The minimum Gasteiger partial charge on any atom is -0.436 e. The van der Waals surface area contributed by atoms with E-state index in [4.69, 9.17) is 4.42 Å². The third-order valence-electron chi connectivity index (χ3n) is 2.97. The molecule has 1 aliphatic carbocycles. The number of nitrogens with zero attached hydrogens (tertiary/aromatic N) is 1. The highest BCUT2D eigenvalue weighted by molar-refractivity contribution is 5.76. The number of oxazole rings is 1. The quantitative estimate of drug-likeness (QED) is 0.717. The Kier molecular flexibility index (Phi) is 2.13. The highest BCUT2D eigenvalue weighted by Crippen LogP contribution is 2.30. The van der Waals surface area contributed by atoms with E-state index in [1.807, 2.05) is 24.3 Å². The number of fused-ring (bicyclic) bond motifs is 1. The van der Waals surface area contributed by atoms with Crippen LogP contribution in [0.2, 0.25) is 0 Å². The maximum Gasteiger partial charge on any atom is 0.223 e. The van der Waals surface area contributed by atoms with E-state index in [-0.39, 0.29) is 0 Å². The van der Waals surface area contributed by atoms with Crippen molar-refractivity contribution in [3.63, 3.8) is 0 Å². The molecule has 1 aromatic carbocycles. The molecule has 0 radical (unpaired) electrons. The van der Waals surface area contributed by atoms with Gasteiger partial charge < -0.3 is 4.42 Å². The first-order valence-electron chi connectivity index (χ1n) is 5.57. The summed E-state index contributed by atoms with van der Waals surface area (Å²) in [5.41, 5.74) is 2.99. The molecular formula is C14H13NO. The zero-order valence-corrected chi connectivity index (χ0v) is 9.18. The standard InChI is InChI=1S/C14H13NO/c1-10-6-2-3-7-11(10)14-15-12-8-4-5-9-13(12)16-14/h2-5,7-10H,6H2,1H3. The molecule has 0 saturated heterocycles. The second kappa shape index (κ2) is 3.63. The van der Waals surface area contributed by atoms with E-state index in [1.54, 1.807) is 0 Å². The van der Waals surface area contributed by atoms with Gasteiger partial charge >= 0.3 is 0 Å². The highest BCUT2D eigenvalue weighted by atomic mass is 16.3. The van der Waals surface area contributed by atoms with E-state index in [2.05, 4.69) is 30.1 Å². The van der Waals surface area contributed by atoms with Gasteiger partial charge in [-0.3, -0.25) is 0 Å². The number of benzene rings is 1. The monoisotopic (exact) mass is 211 g/mol. The molecule has 1 unspecified atom stereocenters. The van der Waals surface area contributed by atoms with E-state index in [1.165, 1.54) is 5.57 Å². The minimum absolute atomic E-state index is 0.484. The van der Waals surface area contributed by atoms with Crippen LogP contribution in [0.25, 0.3) is 16.7 Å². The number of aromatic nitrogens is 1. The number of hydrogen-bond donors (Lipinski definition) is 0. The first-order valence-corrected chi connectivity index (χ1v) is 5.57. The summed E-state index contributed by atoms with van der Waals surface area (Å²) in [7, 11) is 0. The second-order valence-electron chi connectivity index (χ2n) is 4.17. The normalized spacial score (nSPS) is 20.1. The van der Waals surface area contributed by atoms with Crippen molar-refractivity contribution >= 4 is 16.7 Å². The van der Waals surface area contributed by atoms with Crippen LogP contribution in [0.5, 0.6) is 0 Å². The fraction of sp³-hybridized carbons (Fsp3) is 0.214. The van der Waals surface area contributed by atoms with Gasteiger partial charge in [-0.25, -0.2) is 4.98 Å². The fourth-order valence-electron chi connectivity index (χ4n) is 2.02. The second-order valence-corrected chi connectivity index (χ2v) is 4.17. The lowest BCUT2D eigenvalue weighted by molar-refractivity contribution is 0.567. The first-order chi connectivity index (χ1) is 7.84. The predicted molar refractivity (Wildman–Crippen MR) is 64.9 cm³/mol. The van der Waals surface area contributed by atoms with Crippen LogP contribution in [-0.4, -0.2) is 4.98 Å². The van der Waals surface area contributed by atoms with Gasteiger partial charge in [0.25, 0.3) is 0 Å². The van der Waals surface area contributed by atoms with Crippen LogP contribution in [-0.2, 0) is 0 Å². The molecule has 2 aromatic rings. The van der Waals surface area contributed by atoms with Gasteiger partial charge in [-0.2, -0.15) is 0 Å². The predicted octanol–water partition coefficient (Wildman–Crippen LogP) is 3.81. The number of hydrogen-bond acceptors (Lipinski definition) is 2. The third kappa shape index (κ3) is 1.47. The Morgan fingerprint density at radius 2 is 2.19 bits per heavy atom. The summed E-state index contributed by atoms with van der Waals surface area (Å²) >= 11 is 0. The van der Waals surface area contributed by atoms with Crippen LogP contribution >= 0.6 is 0 Å². The molecule has 0 bridgehead atoms. The third-order valence-corrected chi connectivity index (χ3v) is 2.97. The molecule has 3 rings (SSSR count). The summed E-state index contributed by atoms with van der Waals surface area (Å²) in [5.74, 6) is 1.25. The molecule has 1 aliphatic rings. The SMILES string of the molecule is CC1CC=CC=C1c1nc2ccccc2o1. The molecule has 0 aliphatic heterocycles. The molecule has 1 heterocycles. The summed E-state index contributed by atoms with van der Waals surface area (Å²) in [6, 6.07) is 7.88. The molecule has 0 amide bonds. The first kappa shape index (κ1) is 9.40. The summed E-state index contributed by atoms with van der Waals surface area (Å²) < 4.78 is 5.76. The van der Waals surface area contributed by atoms with Crippen LogP contribution in [0.4, 0.5) is 0 Å². The zero-order chi connectivity index (χ0) is 11.0. The van der Waals surface area contributed by atoms with Crippen LogP contribution in [0.15, 0.2) is 46.9 Å². The topological polar surface area (TPSA) is 26.0 Å². The molecule has 0 N–H and O–H groups in total. The van der Waals surface area contributed by atoms with Crippen molar-refractivity contribution in [2.24, 2.45) is 5.92 Å². The van der Waals surface area contributed by atoms with Gasteiger partial charge in [0.2, 0.25) is 5.89 Å². The van der Waals surface area contributed by atoms with E-state index in [0.717, 1.165) is 23.4 Å². The van der Waals surface area contributed by atoms with Crippen molar-refractivity contribution in [2.75, 3.05) is 0 Å². The van der Waals surface area contributed by atoms with Crippen molar-refractivity contribution in [3.8, 4) is 0 Å². The number of rotatable bonds is 1. The van der Waals surface area contributed by atoms with Gasteiger partial charge in [0.1, 0.15) is 5.52 Å². The van der Waals surface area contributed by atoms with Gasteiger partial charge in [-0.15, -0.1) is 0 Å². The Morgan fingerprint density at radius 1 is 1.31 bits per heavy atom. The van der Waals surface area contributed by atoms with E-state index < -0.39 is 0 Å². The van der Waals surface area contributed by atoms with Crippen molar-refractivity contribution in [2.45, 2.75) is 13.3 Å². The molecule has 2 nitrogen and oxygen atoms in total. The maximum atomic E-state index is 5.76. The Labute approximate surface area is 94.3 Å². The van der Waals surface area contributed by atoms with Gasteiger partial charge in [-0.05, 0) is 24.5 Å². The highest BCUT2D eigenvalue weighted by Gasteiger charge is 2.17. The molecule has 2 heteroatoms. The zero-order valence-electron chi connectivity index (χ0n) is 9.18. The minimum atomic E-state index is 0.484. The Bertz CT molecular complexity index is 544. The lowest BCUT2D eigenvalue weighted by Crippen LogP contribution is -2.00. The van der Waals surface area contributed by atoms with Crippen LogP contribution < -0.4 is 0 Å². The van der Waals surface area contributed by atoms with E-state index in [0.29, 0.717) is 5.92 Å². The number of para-hydroxylation sites is 2. The van der Waals surface area contributed by atoms with Gasteiger partial charge in [0.05, 0.1) is 0 Å². The van der Waals surface area contributed by atoms with Crippen molar-refractivity contribution in [3.05, 3.63) is 48.4 Å². The molecule has 16 heavy (non-hydrogen) atoms.